The Kier molecular flexibility index (Phi) is 8.27. The normalized spacial score (nSPS) is 15.3. The summed E-state index contributed by atoms with van der Waals surface area (Å²) in [6, 6.07) is 74.0. The molecule has 0 fully saturated rings. The molecule has 3 aliphatic rings. The van der Waals surface area contributed by atoms with E-state index >= 15 is 0 Å². The SMILES string of the molecule is CC1(C)c2ccccc2C2(C3=C(C=CCC3)c3cc(-c4ccc(N(c5ccc(-c6ccccc6)cc5)c5ccc(-c6ccccc6)cc5)cc4)ccc32)c2ccccc21. The Morgan fingerprint density at radius 1 is 0.390 bits per heavy atom. The van der Waals surface area contributed by atoms with Crippen molar-refractivity contribution in [1.82, 2.24) is 0 Å². The summed E-state index contributed by atoms with van der Waals surface area (Å²) in [4.78, 5) is 2.36. The van der Waals surface area contributed by atoms with Crippen LogP contribution in [-0.4, -0.2) is 0 Å². The molecule has 8 aromatic rings. The van der Waals surface area contributed by atoms with Crippen molar-refractivity contribution in [2.75, 3.05) is 4.90 Å². The maximum atomic E-state index is 2.47. The highest BCUT2D eigenvalue weighted by Crippen LogP contribution is 2.63. The Morgan fingerprint density at radius 3 is 1.29 bits per heavy atom. The molecule has 0 aromatic heterocycles. The molecule has 59 heavy (non-hydrogen) atoms. The van der Waals surface area contributed by atoms with Gasteiger partial charge in [-0.1, -0.05) is 184 Å². The van der Waals surface area contributed by atoms with Gasteiger partial charge in [-0.15, -0.1) is 0 Å². The zero-order chi connectivity index (χ0) is 39.6. The third-order valence-electron chi connectivity index (χ3n) is 13.3. The van der Waals surface area contributed by atoms with Gasteiger partial charge in [0.1, 0.15) is 0 Å². The molecular formula is C58H45N. The summed E-state index contributed by atoms with van der Waals surface area (Å²) in [5, 5.41) is 0. The zero-order valence-electron chi connectivity index (χ0n) is 33.6. The fraction of sp³-hybridized carbons (Fsp3) is 0.103. The van der Waals surface area contributed by atoms with E-state index in [-0.39, 0.29) is 10.8 Å². The number of fused-ring (bicyclic) bond motifs is 8. The highest BCUT2D eigenvalue weighted by Gasteiger charge is 2.54. The second-order valence-corrected chi connectivity index (χ2v) is 16.8. The maximum absolute atomic E-state index is 2.47. The van der Waals surface area contributed by atoms with Crippen LogP contribution >= 0.6 is 0 Å². The molecule has 0 bridgehead atoms. The lowest BCUT2D eigenvalue weighted by molar-refractivity contribution is 0.550. The Hall–Kier alpha value is -6.96. The molecule has 0 heterocycles. The van der Waals surface area contributed by atoms with Gasteiger partial charge >= 0.3 is 0 Å². The molecule has 0 amide bonds. The molecule has 282 valence electrons. The van der Waals surface area contributed by atoms with E-state index in [4.69, 9.17) is 0 Å². The zero-order valence-corrected chi connectivity index (χ0v) is 33.6. The lowest BCUT2D eigenvalue weighted by atomic mass is 9.54. The first-order valence-electron chi connectivity index (χ1n) is 21.0. The van der Waals surface area contributed by atoms with Gasteiger partial charge in [-0.05, 0) is 133 Å². The minimum atomic E-state index is -0.298. The summed E-state index contributed by atoms with van der Waals surface area (Å²) in [6.07, 6.45) is 6.91. The largest absolute Gasteiger partial charge is 0.311 e. The average Bonchev–Trinajstić information content (AvgIpc) is 3.60. The summed E-state index contributed by atoms with van der Waals surface area (Å²) in [5.74, 6) is 0. The fourth-order valence-electron chi connectivity index (χ4n) is 10.5. The number of anilines is 3. The first kappa shape index (κ1) is 35.2. The second-order valence-electron chi connectivity index (χ2n) is 16.8. The van der Waals surface area contributed by atoms with Crippen LogP contribution < -0.4 is 4.90 Å². The standard InChI is InChI=1S/C58H45N/c1-57(2)53-21-11-13-23-55(53)58(56-24-14-12-22-54(56)57)51-20-10-9-19-49(51)50-39-45(31-38-52(50)58)44-29-36-48(37-30-44)59(46-32-25-42(26-33-46)40-15-5-3-6-16-40)47-34-27-43(28-35-47)41-17-7-4-8-18-41/h3-9,11-19,21-39H,10,20H2,1-2H3. The van der Waals surface area contributed by atoms with Gasteiger partial charge in [-0.2, -0.15) is 0 Å². The summed E-state index contributed by atoms with van der Waals surface area (Å²) in [5.41, 5.74) is 21.7. The lowest BCUT2D eigenvalue weighted by Crippen LogP contribution is -2.41. The molecule has 3 aliphatic carbocycles. The van der Waals surface area contributed by atoms with Gasteiger partial charge in [-0.3, -0.25) is 0 Å². The van der Waals surface area contributed by atoms with Crippen LogP contribution in [0.4, 0.5) is 17.1 Å². The Morgan fingerprint density at radius 2 is 0.797 bits per heavy atom. The van der Waals surface area contributed by atoms with Crippen LogP contribution in [0.1, 0.15) is 60.1 Å². The molecule has 0 aliphatic heterocycles. The third kappa shape index (κ3) is 5.53. The molecule has 1 spiro atoms. The molecule has 0 unspecified atom stereocenters. The average molecular weight is 756 g/mol. The van der Waals surface area contributed by atoms with Crippen molar-refractivity contribution in [2.45, 2.75) is 37.5 Å². The van der Waals surface area contributed by atoms with Crippen LogP contribution in [-0.2, 0) is 10.8 Å². The van der Waals surface area contributed by atoms with Crippen LogP contribution in [0, 0.1) is 0 Å². The number of nitrogens with zero attached hydrogens (tertiary/aromatic N) is 1. The quantitative estimate of drug-likeness (QED) is 0.163. The maximum Gasteiger partial charge on any atom is 0.0682 e. The van der Waals surface area contributed by atoms with Gasteiger partial charge in [0.2, 0.25) is 0 Å². The van der Waals surface area contributed by atoms with Crippen LogP contribution in [0.15, 0.2) is 218 Å². The number of hydrogen-bond acceptors (Lipinski definition) is 1. The van der Waals surface area contributed by atoms with E-state index in [2.05, 4.69) is 231 Å². The molecule has 8 aromatic carbocycles. The van der Waals surface area contributed by atoms with E-state index in [1.54, 1.807) is 5.57 Å². The van der Waals surface area contributed by atoms with E-state index in [0.29, 0.717) is 0 Å². The first-order valence-corrected chi connectivity index (χ1v) is 21.0. The van der Waals surface area contributed by atoms with Gasteiger partial charge in [-0.25, -0.2) is 0 Å². The van der Waals surface area contributed by atoms with Gasteiger partial charge in [0.05, 0.1) is 5.41 Å². The van der Waals surface area contributed by atoms with Crippen molar-refractivity contribution in [3.63, 3.8) is 0 Å². The third-order valence-corrected chi connectivity index (χ3v) is 13.3. The van der Waals surface area contributed by atoms with E-state index < -0.39 is 0 Å². The fourth-order valence-corrected chi connectivity index (χ4v) is 10.5. The molecule has 0 saturated heterocycles. The smallest absolute Gasteiger partial charge is 0.0682 e. The molecule has 0 radical (unpaired) electrons. The van der Waals surface area contributed by atoms with Crippen molar-refractivity contribution in [1.29, 1.82) is 0 Å². The highest BCUT2D eigenvalue weighted by atomic mass is 15.1. The van der Waals surface area contributed by atoms with Crippen molar-refractivity contribution in [3.8, 4) is 33.4 Å². The molecule has 11 rings (SSSR count). The predicted molar refractivity (Wildman–Crippen MR) is 248 cm³/mol. The minimum absolute atomic E-state index is 0.0874. The van der Waals surface area contributed by atoms with Gasteiger partial charge in [0.25, 0.3) is 0 Å². The Balaban J connectivity index is 1.00. The summed E-state index contributed by atoms with van der Waals surface area (Å²) < 4.78 is 0. The van der Waals surface area contributed by atoms with E-state index in [1.807, 2.05) is 0 Å². The van der Waals surface area contributed by atoms with Crippen LogP contribution in [0.3, 0.4) is 0 Å². The minimum Gasteiger partial charge on any atom is -0.311 e. The molecule has 1 nitrogen and oxygen atoms in total. The van der Waals surface area contributed by atoms with Gasteiger partial charge in [0, 0.05) is 22.5 Å². The van der Waals surface area contributed by atoms with Gasteiger partial charge in [0.15, 0.2) is 0 Å². The molecule has 1 heteroatoms. The molecular weight excluding hydrogens is 711 g/mol. The first-order chi connectivity index (χ1) is 29.0. The topological polar surface area (TPSA) is 3.24 Å². The summed E-state index contributed by atoms with van der Waals surface area (Å²) in [7, 11) is 0. The Labute approximate surface area is 348 Å². The van der Waals surface area contributed by atoms with Crippen molar-refractivity contribution in [2.24, 2.45) is 0 Å². The number of hydrogen-bond donors (Lipinski definition) is 0. The van der Waals surface area contributed by atoms with E-state index in [9.17, 15) is 0 Å². The number of benzene rings is 8. The lowest BCUT2D eigenvalue weighted by Gasteiger charge is -2.47. The van der Waals surface area contributed by atoms with Gasteiger partial charge < -0.3 is 4.90 Å². The van der Waals surface area contributed by atoms with Crippen LogP contribution in [0.25, 0.3) is 39.0 Å². The van der Waals surface area contributed by atoms with Crippen LogP contribution in [0.2, 0.25) is 0 Å². The van der Waals surface area contributed by atoms with Crippen molar-refractivity contribution >= 4 is 22.6 Å². The van der Waals surface area contributed by atoms with E-state index in [0.717, 1.165) is 29.9 Å². The van der Waals surface area contributed by atoms with Crippen LogP contribution in [0.5, 0.6) is 0 Å². The summed E-state index contributed by atoms with van der Waals surface area (Å²) in [6.45, 7) is 4.80. The summed E-state index contributed by atoms with van der Waals surface area (Å²) >= 11 is 0. The van der Waals surface area contributed by atoms with E-state index in [1.165, 1.54) is 72.3 Å². The van der Waals surface area contributed by atoms with Crippen molar-refractivity contribution < 1.29 is 0 Å². The molecule has 0 N–H and O–H groups in total. The molecule has 0 atom stereocenters. The number of allylic oxidation sites excluding steroid dienone is 4. The Bertz CT molecular complexity index is 2780. The molecule has 0 saturated carbocycles. The highest BCUT2D eigenvalue weighted by molar-refractivity contribution is 5.94. The second kappa shape index (κ2) is 13.9. The number of rotatable bonds is 6. The van der Waals surface area contributed by atoms with Crippen molar-refractivity contribution in [3.05, 3.63) is 251 Å². The monoisotopic (exact) mass is 755 g/mol. The predicted octanol–water partition coefficient (Wildman–Crippen LogP) is 15.2.